The second kappa shape index (κ2) is 8.81. The lowest BCUT2D eigenvalue weighted by molar-refractivity contribution is -0.101. The number of hydrogen-bond acceptors (Lipinski definition) is 4. The van der Waals surface area contributed by atoms with Crippen LogP contribution in [0.2, 0.25) is 0 Å². The number of aromatic nitrogens is 1. The van der Waals surface area contributed by atoms with Crippen molar-refractivity contribution in [3.63, 3.8) is 0 Å². The molecule has 1 saturated carbocycles. The zero-order chi connectivity index (χ0) is 20.2. The molecule has 1 aliphatic carbocycles. The molecule has 2 aromatic rings. The molecule has 6 heteroatoms. The van der Waals surface area contributed by atoms with Gasteiger partial charge in [0.15, 0.2) is 0 Å². The summed E-state index contributed by atoms with van der Waals surface area (Å²) in [7, 11) is 0. The van der Waals surface area contributed by atoms with Crippen LogP contribution in [-0.2, 0) is 16.0 Å². The quantitative estimate of drug-likeness (QED) is 0.728. The van der Waals surface area contributed by atoms with Gasteiger partial charge < -0.3 is 18.8 Å². The van der Waals surface area contributed by atoms with E-state index in [2.05, 4.69) is 11.8 Å². The van der Waals surface area contributed by atoms with Crippen LogP contribution < -0.4 is 10.3 Å². The Morgan fingerprint density at radius 1 is 1.24 bits per heavy atom. The van der Waals surface area contributed by atoms with Crippen LogP contribution in [0.25, 0.3) is 0 Å². The first kappa shape index (κ1) is 19.7. The van der Waals surface area contributed by atoms with Crippen molar-refractivity contribution in [3.8, 4) is 17.6 Å². The maximum Gasteiger partial charge on any atom is 0.254 e. The molecule has 1 saturated heterocycles. The molecule has 0 amide bonds. The van der Waals surface area contributed by atoms with Gasteiger partial charge in [-0.2, -0.15) is 0 Å². The second-order valence-electron chi connectivity index (χ2n) is 7.49. The molecule has 29 heavy (non-hydrogen) atoms. The van der Waals surface area contributed by atoms with E-state index in [4.69, 9.17) is 14.2 Å². The van der Waals surface area contributed by atoms with E-state index in [0.717, 1.165) is 24.1 Å². The van der Waals surface area contributed by atoms with E-state index < -0.39 is 0 Å². The number of benzene rings is 1. The first-order valence-electron chi connectivity index (χ1n) is 9.92. The van der Waals surface area contributed by atoms with E-state index in [-0.39, 0.29) is 17.5 Å². The lowest BCUT2D eigenvalue weighted by Gasteiger charge is -2.23. The number of aryl methyl sites for hydroxylation is 1. The molecule has 1 unspecified atom stereocenters. The average Bonchev–Trinajstić information content (AvgIpc) is 3.54. The molecule has 0 radical (unpaired) electrons. The van der Waals surface area contributed by atoms with Crippen molar-refractivity contribution in [2.45, 2.75) is 32.4 Å². The average molecular weight is 397 g/mol. The Balaban J connectivity index is 1.46. The van der Waals surface area contributed by atoms with Crippen LogP contribution in [-0.4, -0.2) is 37.1 Å². The normalized spacial score (nSPS) is 18.8. The number of rotatable bonds is 5. The first-order valence-corrected chi connectivity index (χ1v) is 9.92. The van der Waals surface area contributed by atoms with E-state index >= 15 is 0 Å². The summed E-state index contributed by atoms with van der Waals surface area (Å²) in [5.41, 5.74) is 1.81. The van der Waals surface area contributed by atoms with Gasteiger partial charge in [-0.1, -0.05) is 17.9 Å². The van der Waals surface area contributed by atoms with Crippen LogP contribution in [0, 0.1) is 30.5 Å². The number of halogens is 1. The molecule has 1 atom stereocenters. The highest BCUT2D eigenvalue weighted by Gasteiger charge is 2.18. The fourth-order valence-corrected chi connectivity index (χ4v) is 3.16. The van der Waals surface area contributed by atoms with Gasteiger partial charge in [-0.05, 0) is 43.5 Å². The maximum absolute atomic E-state index is 14.0. The summed E-state index contributed by atoms with van der Waals surface area (Å²) < 4.78 is 32.3. The molecule has 4 rings (SSSR count). The van der Waals surface area contributed by atoms with Crippen LogP contribution in [0.3, 0.4) is 0 Å². The van der Waals surface area contributed by atoms with Crippen molar-refractivity contribution in [2.75, 3.05) is 26.4 Å². The summed E-state index contributed by atoms with van der Waals surface area (Å²) in [6.07, 6.45) is 2.06. The molecule has 0 spiro atoms. The fourth-order valence-electron chi connectivity index (χ4n) is 3.16. The van der Waals surface area contributed by atoms with Crippen LogP contribution in [0.15, 0.2) is 35.1 Å². The van der Waals surface area contributed by atoms with Crippen molar-refractivity contribution >= 4 is 0 Å². The van der Waals surface area contributed by atoms with E-state index in [0.29, 0.717) is 50.2 Å². The Hall–Kier alpha value is -2.62. The summed E-state index contributed by atoms with van der Waals surface area (Å²) in [6.45, 7) is 4.19. The van der Waals surface area contributed by atoms with Crippen LogP contribution in [0.5, 0.6) is 5.75 Å². The highest BCUT2D eigenvalue weighted by molar-refractivity contribution is 5.39. The summed E-state index contributed by atoms with van der Waals surface area (Å²) >= 11 is 0. The molecule has 2 heterocycles. The van der Waals surface area contributed by atoms with E-state index in [1.165, 1.54) is 12.1 Å². The molecule has 2 fully saturated rings. The number of pyridine rings is 1. The monoisotopic (exact) mass is 397 g/mol. The highest BCUT2D eigenvalue weighted by atomic mass is 19.1. The van der Waals surface area contributed by atoms with Crippen molar-refractivity contribution in [1.82, 2.24) is 4.57 Å². The predicted molar refractivity (Wildman–Crippen MR) is 107 cm³/mol. The third kappa shape index (κ3) is 5.26. The molecule has 0 bridgehead atoms. The molecule has 0 N–H and O–H groups in total. The molecule has 1 aliphatic heterocycles. The minimum Gasteiger partial charge on any atom is -0.491 e. The number of nitrogens with zero attached hydrogens (tertiary/aromatic N) is 1. The Bertz CT molecular complexity index is 994. The van der Waals surface area contributed by atoms with Gasteiger partial charge in [0.05, 0.1) is 31.9 Å². The number of hydrogen-bond donors (Lipinski definition) is 0. The Labute approximate surface area is 169 Å². The Morgan fingerprint density at radius 2 is 2.10 bits per heavy atom. The van der Waals surface area contributed by atoms with Gasteiger partial charge in [0.25, 0.3) is 5.56 Å². The SMILES string of the molecule is Cc1cc(OCC2COCCO2)cc(=O)n1Cc1ccc(F)c(C#CC2CC2)c1. The molecular weight excluding hydrogens is 373 g/mol. The zero-order valence-electron chi connectivity index (χ0n) is 16.4. The predicted octanol–water partition coefficient (Wildman–Crippen LogP) is 2.90. The largest absolute Gasteiger partial charge is 0.491 e. The molecule has 1 aromatic carbocycles. The van der Waals surface area contributed by atoms with Gasteiger partial charge in [-0.3, -0.25) is 4.79 Å². The molecule has 2 aliphatic rings. The first-order chi connectivity index (χ1) is 14.1. The standard InChI is InChI=1S/C23H24FNO4/c1-16-10-20(29-15-21-14-27-8-9-28-21)12-23(26)25(16)13-18-5-7-22(24)19(11-18)6-4-17-2-3-17/h5,7,10-12,17,21H,2-3,8-9,13-15H2,1H3. The lowest BCUT2D eigenvalue weighted by Crippen LogP contribution is -2.33. The van der Waals surface area contributed by atoms with Gasteiger partial charge in [-0.15, -0.1) is 0 Å². The van der Waals surface area contributed by atoms with Crippen LogP contribution in [0.1, 0.15) is 29.7 Å². The van der Waals surface area contributed by atoms with E-state index in [1.54, 1.807) is 16.7 Å². The lowest BCUT2D eigenvalue weighted by atomic mass is 10.1. The topological polar surface area (TPSA) is 49.7 Å². The molecular formula is C23H24FNO4. The second-order valence-corrected chi connectivity index (χ2v) is 7.49. The molecule has 152 valence electrons. The van der Waals surface area contributed by atoms with Crippen molar-refractivity contribution in [3.05, 3.63) is 63.3 Å². The number of ether oxygens (including phenoxy) is 3. The van der Waals surface area contributed by atoms with Crippen molar-refractivity contribution < 1.29 is 18.6 Å². The summed E-state index contributed by atoms with van der Waals surface area (Å²) in [5.74, 6) is 6.60. The zero-order valence-corrected chi connectivity index (χ0v) is 16.4. The van der Waals surface area contributed by atoms with Crippen LogP contribution >= 0.6 is 0 Å². The third-order valence-electron chi connectivity index (χ3n) is 4.99. The summed E-state index contributed by atoms with van der Waals surface area (Å²) in [4.78, 5) is 12.6. The summed E-state index contributed by atoms with van der Waals surface area (Å²) in [6, 6.07) is 8.11. The van der Waals surface area contributed by atoms with Gasteiger partial charge in [0.1, 0.15) is 24.3 Å². The Morgan fingerprint density at radius 3 is 2.83 bits per heavy atom. The van der Waals surface area contributed by atoms with Gasteiger partial charge in [0, 0.05) is 17.7 Å². The summed E-state index contributed by atoms with van der Waals surface area (Å²) in [5, 5.41) is 0. The Kier molecular flexibility index (Phi) is 5.98. The minimum atomic E-state index is -0.330. The van der Waals surface area contributed by atoms with Gasteiger partial charge in [0.2, 0.25) is 0 Å². The van der Waals surface area contributed by atoms with Gasteiger partial charge >= 0.3 is 0 Å². The fraction of sp³-hybridized carbons (Fsp3) is 0.435. The smallest absolute Gasteiger partial charge is 0.254 e. The van der Waals surface area contributed by atoms with E-state index in [9.17, 15) is 9.18 Å². The van der Waals surface area contributed by atoms with Crippen LogP contribution in [0.4, 0.5) is 4.39 Å². The van der Waals surface area contributed by atoms with Gasteiger partial charge in [-0.25, -0.2) is 4.39 Å². The third-order valence-corrected chi connectivity index (χ3v) is 4.99. The molecule has 5 nitrogen and oxygen atoms in total. The maximum atomic E-state index is 14.0. The van der Waals surface area contributed by atoms with Crippen molar-refractivity contribution in [1.29, 1.82) is 0 Å². The highest BCUT2D eigenvalue weighted by Crippen LogP contribution is 2.27. The van der Waals surface area contributed by atoms with Crippen molar-refractivity contribution in [2.24, 2.45) is 5.92 Å². The minimum absolute atomic E-state index is 0.124. The van der Waals surface area contributed by atoms with E-state index in [1.807, 2.05) is 13.0 Å². The molecule has 1 aromatic heterocycles.